The Morgan fingerprint density at radius 2 is 2.03 bits per heavy atom. The van der Waals surface area contributed by atoms with Crippen molar-refractivity contribution in [3.8, 4) is 5.75 Å². The lowest BCUT2D eigenvalue weighted by atomic mass is 10.1. The Labute approximate surface area is 192 Å². The normalized spacial score (nSPS) is 14.1. The third-order valence-electron chi connectivity index (χ3n) is 4.72. The van der Waals surface area contributed by atoms with Crippen LogP contribution in [-0.2, 0) is 4.79 Å². The van der Waals surface area contributed by atoms with Crippen LogP contribution in [0.1, 0.15) is 42.1 Å². The number of thioether (sulfide) groups is 2. The standard InChI is InChI=1S/C24H28N2O3S2/c1-3-4-12-30-13-6-11-25-23(27)18-9-10-21-20(16-18)26-24(28)22(31-21)15-17-7-5-8-19(14-17)29-2/h5,7-10,14-16H,3-4,6,11-13H2,1-2H3,(H,25,27)(H,26,28)/b22-15+. The molecule has 0 aromatic heterocycles. The molecule has 31 heavy (non-hydrogen) atoms. The molecule has 0 saturated carbocycles. The average Bonchev–Trinajstić information content (AvgIpc) is 2.78. The molecule has 5 nitrogen and oxygen atoms in total. The van der Waals surface area contributed by atoms with E-state index in [-0.39, 0.29) is 11.8 Å². The van der Waals surface area contributed by atoms with Crippen LogP contribution in [0, 0.1) is 0 Å². The number of fused-ring (bicyclic) bond motifs is 1. The number of hydrogen-bond donors (Lipinski definition) is 2. The summed E-state index contributed by atoms with van der Waals surface area (Å²) in [5.74, 6) is 2.69. The second-order valence-corrected chi connectivity index (χ2v) is 9.44. The smallest absolute Gasteiger partial charge is 0.262 e. The molecule has 3 rings (SSSR count). The van der Waals surface area contributed by atoms with Crippen LogP contribution in [0.4, 0.5) is 5.69 Å². The van der Waals surface area contributed by atoms with E-state index < -0.39 is 0 Å². The van der Waals surface area contributed by atoms with Gasteiger partial charge in [0.15, 0.2) is 0 Å². The molecule has 0 fully saturated rings. The Hall–Kier alpha value is -2.38. The minimum atomic E-state index is -0.179. The van der Waals surface area contributed by atoms with E-state index >= 15 is 0 Å². The molecular formula is C24H28N2O3S2. The Bertz CT molecular complexity index is 960. The van der Waals surface area contributed by atoms with Crippen molar-refractivity contribution in [1.29, 1.82) is 0 Å². The van der Waals surface area contributed by atoms with Crippen LogP contribution in [0.5, 0.6) is 5.75 Å². The van der Waals surface area contributed by atoms with Crippen LogP contribution in [0.25, 0.3) is 6.08 Å². The maximum absolute atomic E-state index is 12.6. The summed E-state index contributed by atoms with van der Waals surface area (Å²) in [6, 6.07) is 13.0. The van der Waals surface area contributed by atoms with Gasteiger partial charge < -0.3 is 15.4 Å². The van der Waals surface area contributed by atoms with Gasteiger partial charge in [-0.2, -0.15) is 11.8 Å². The molecule has 1 aliphatic heterocycles. The number of amides is 2. The van der Waals surface area contributed by atoms with Gasteiger partial charge in [0.05, 0.1) is 17.7 Å². The number of anilines is 1. The van der Waals surface area contributed by atoms with Crippen molar-refractivity contribution < 1.29 is 14.3 Å². The highest BCUT2D eigenvalue weighted by Gasteiger charge is 2.22. The number of nitrogens with one attached hydrogen (secondary N) is 2. The van der Waals surface area contributed by atoms with Crippen LogP contribution in [0.2, 0.25) is 0 Å². The topological polar surface area (TPSA) is 67.4 Å². The molecule has 2 N–H and O–H groups in total. The Kier molecular flexibility index (Phi) is 8.91. The van der Waals surface area contributed by atoms with Gasteiger partial charge >= 0.3 is 0 Å². The predicted octanol–water partition coefficient (Wildman–Crippen LogP) is 5.43. The Balaban J connectivity index is 1.59. The van der Waals surface area contributed by atoms with Crippen LogP contribution < -0.4 is 15.4 Å². The summed E-state index contributed by atoms with van der Waals surface area (Å²) in [5, 5.41) is 5.87. The van der Waals surface area contributed by atoms with E-state index in [2.05, 4.69) is 17.6 Å². The fraction of sp³-hybridized carbons (Fsp3) is 0.333. The van der Waals surface area contributed by atoms with E-state index in [4.69, 9.17) is 4.74 Å². The third-order valence-corrected chi connectivity index (χ3v) is 6.97. The first-order chi connectivity index (χ1) is 15.1. The first-order valence-corrected chi connectivity index (χ1v) is 12.4. The van der Waals surface area contributed by atoms with Crippen LogP contribution in [-0.4, -0.2) is 37.0 Å². The fourth-order valence-corrected chi connectivity index (χ4v) is 4.99. The average molecular weight is 457 g/mol. The molecule has 1 heterocycles. The molecule has 7 heteroatoms. The second-order valence-electron chi connectivity index (χ2n) is 7.13. The van der Waals surface area contributed by atoms with Crippen LogP contribution in [0.15, 0.2) is 52.3 Å². The Morgan fingerprint density at radius 1 is 1.19 bits per heavy atom. The van der Waals surface area contributed by atoms with E-state index in [9.17, 15) is 9.59 Å². The van der Waals surface area contributed by atoms with Crippen LogP contribution >= 0.6 is 23.5 Å². The van der Waals surface area contributed by atoms with Gasteiger partial charge in [-0.15, -0.1) is 0 Å². The zero-order chi connectivity index (χ0) is 22.1. The summed E-state index contributed by atoms with van der Waals surface area (Å²) in [5.41, 5.74) is 2.11. The van der Waals surface area contributed by atoms with Gasteiger partial charge in [-0.25, -0.2) is 0 Å². The lowest BCUT2D eigenvalue weighted by Crippen LogP contribution is -2.25. The molecule has 0 unspecified atom stereocenters. The van der Waals surface area contributed by atoms with Crippen molar-refractivity contribution in [2.45, 2.75) is 31.1 Å². The SMILES string of the molecule is CCCCSCCCNC(=O)c1ccc2c(c1)NC(=O)/C(=C\c1cccc(OC)c1)S2. The first kappa shape index (κ1) is 23.3. The minimum absolute atomic E-state index is 0.113. The number of ether oxygens (including phenoxy) is 1. The zero-order valence-electron chi connectivity index (χ0n) is 17.9. The van der Waals surface area contributed by atoms with Gasteiger partial charge in [0.25, 0.3) is 11.8 Å². The molecule has 0 radical (unpaired) electrons. The van der Waals surface area contributed by atoms with E-state index in [1.54, 1.807) is 19.2 Å². The van der Waals surface area contributed by atoms with Crippen molar-refractivity contribution in [2.24, 2.45) is 0 Å². The zero-order valence-corrected chi connectivity index (χ0v) is 19.5. The van der Waals surface area contributed by atoms with Gasteiger partial charge in [-0.3, -0.25) is 9.59 Å². The first-order valence-electron chi connectivity index (χ1n) is 10.5. The van der Waals surface area contributed by atoms with Crippen molar-refractivity contribution >= 4 is 47.1 Å². The molecule has 0 saturated heterocycles. The maximum atomic E-state index is 12.6. The van der Waals surface area contributed by atoms with Gasteiger partial charge in [-0.1, -0.05) is 37.2 Å². The lowest BCUT2D eigenvalue weighted by molar-refractivity contribution is -0.112. The maximum Gasteiger partial charge on any atom is 0.262 e. The number of benzene rings is 2. The highest BCUT2D eigenvalue weighted by Crippen LogP contribution is 2.39. The number of methoxy groups -OCH3 is 1. The van der Waals surface area contributed by atoms with E-state index in [0.717, 1.165) is 28.4 Å². The summed E-state index contributed by atoms with van der Waals surface area (Å²) < 4.78 is 5.24. The second kappa shape index (κ2) is 11.9. The quantitative estimate of drug-likeness (QED) is 0.368. The van der Waals surface area contributed by atoms with Gasteiger partial charge in [0.1, 0.15) is 5.75 Å². The number of rotatable bonds is 10. The van der Waals surface area contributed by atoms with Crippen molar-refractivity contribution in [2.75, 3.05) is 30.5 Å². The van der Waals surface area contributed by atoms with Gasteiger partial charge in [0, 0.05) is 17.0 Å². The van der Waals surface area contributed by atoms with Gasteiger partial charge in [-0.05, 0) is 66.3 Å². The molecule has 0 bridgehead atoms. The molecule has 0 atom stereocenters. The molecular weight excluding hydrogens is 428 g/mol. The van der Waals surface area contributed by atoms with Crippen LogP contribution in [0.3, 0.4) is 0 Å². The highest BCUT2D eigenvalue weighted by atomic mass is 32.2. The minimum Gasteiger partial charge on any atom is -0.497 e. The monoisotopic (exact) mass is 456 g/mol. The molecule has 1 aliphatic rings. The van der Waals surface area contributed by atoms with Crippen molar-refractivity contribution in [3.05, 3.63) is 58.5 Å². The van der Waals surface area contributed by atoms with E-state index in [0.29, 0.717) is 22.7 Å². The molecule has 2 aromatic carbocycles. The number of unbranched alkanes of at least 4 members (excludes halogenated alkanes) is 1. The summed E-state index contributed by atoms with van der Waals surface area (Å²) in [6.45, 7) is 2.85. The van der Waals surface area contributed by atoms with Crippen molar-refractivity contribution in [3.63, 3.8) is 0 Å². The number of hydrogen-bond acceptors (Lipinski definition) is 5. The van der Waals surface area contributed by atoms with Gasteiger partial charge in [0.2, 0.25) is 0 Å². The largest absolute Gasteiger partial charge is 0.497 e. The summed E-state index contributed by atoms with van der Waals surface area (Å²) in [7, 11) is 1.62. The predicted molar refractivity (Wildman–Crippen MR) is 131 cm³/mol. The molecule has 164 valence electrons. The summed E-state index contributed by atoms with van der Waals surface area (Å²) >= 11 is 3.33. The van der Waals surface area contributed by atoms with E-state index in [1.807, 2.05) is 48.2 Å². The molecule has 0 spiro atoms. The molecule has 2 aromatic rings. The highest BCUT2D eigenvalue weighted by molar-refractivity contribution is 8.04. The van der Waals surface area contributed by atoms with Crippen molar-refractivity contribution in [1.82, 2.24) is 5.32 Å². The van der Waals surface area contributed by atoms with E-state index in [1.165, 1.54) is 30.4 Å². The summed E-state index contributed by atoms with van der Waals surface area (Å²) in [4.78, 5) is 26.5. The number of carbonyl (C=O) groups is 2. The third kappa shape index (κ3) is 6.80. The Morgan fingerprint density at radius 3 is 2.84 bits per heavy atom. The molecule has 2 amide bonds. The fourth-order valence-electron chi connectivity index (χ4n) is 3.01. The number of carbonyl (C=O) groups excluding carboxylic acids is 2. The molecule has 0 aliphatic carbocycles. The lowest BCUT2D eigenvalue weighted by Gasteiger charge is -2.19. The summed E-state index contributed by atoms with van der Waals surface area (Å²) in [6.07, 6.45) is 5.25.